The molecule has 0 spiro atoms. The Kier molecular flexibility index (Phi) is 6.10. The van der Waals surface area contributed by atoms with Gasteiger partial charge in [0, 0.05) is 20.2 Å². The maximum atomic E-state index is 12.3. The van der Waals surface area contributed by atoms with Crippen LogP contribution in [0.25, 0.3) is 0 Å². The minimum absolute atomic E-state index is 0.0409. The van der Waals surface area contributed by atoms with Gasteiger partial charge >= 0.3 is 5.97 Å². The van der Waals surface area contributed by atoms with Crippen LogP contribution in [0.15, 0.2) is 29.6 Å². The highest BCUT2D eigenvalue weighted by Gasteiger charge is 2.23. The summed E-state index contributed by atoms with van der Waals surface area (Å²) >= 11 is 1.17. The molecule has 0 aliphatic rings. The number of nitro groups is 1. The number of hydrogen-bond donors (Lipinski definition) is 1. The average molecular weight is 388 g/mol. The van der Waals surface area contributed by atoms with Gasteiger partial charge in [-0.25, -0.2) is 4.79 Å². The molecule has 1 atom stereocenters. The summed E-state index contributed by atoms with van der Waals surface area (Å²) in [5.41, 5.74) is 0.357. The molecule has 0 saturated carbocycles. The summed E-state index contributed by atoms with van der Waals surface area (Å²) in [4.78, 5) is 36.6. The molecule has 0 saturated heterocycles. The van der Waals surface area contributed by atoms with E-state index in [1.807, 2.05) is 6.07 Å². The third-order valence-electron chi connectivity index (χ3n) is 3.57. The van der Waals surface area contributed by atoms with E-state index in [4.69, 9.17) is 10.00 Å². The van der Waals surface area contributed by atoms with E-state index in [-0.39, 0.29) is 11.3 Å². The van der Waals surface area contributed by atoms with Gasteiger partial charge in [-0.05, 0) is 30.5 Å². The molecule has 1 aromatic carbocycles. The predicted molar refractivity (Wildman–Crippen MR) is 100.0 cm³/mol. The Morgan fingerprint density at radius 1 is 1.37 bits per heavy atom. The Bertz CT molecular complexity index is 932. The number of nitro benzene ring substituents is 1. The second-order valence-corrected chi connectivity index (χ2v) is 6.58. The fraction of sp³-hybridized carbons (Fsp3) is 0.235. The van der Waals surface area contributed by atoms with Crippen LogP contribution < -0.4 is 10.2 Å². The van der Waals surface area contributed by atoms with Crippen LogP contribution in [0, 0.1) is 21.4 Å². The molecule has 1 N–H and O–H groups in total. The van der Waals surface area contributed by atoms with Crippen LogP contribution in [0.4, 0.5) is 16.4 Å². The summed E-state index contributed by atoms with van der Waals surface area (Å²) in [7, 11) is 3.29. The van der Waals surface area contributed by atoms with Crippen LogP contribution in [0.3, 0.4) is 0 Å². The molecule has 2 rings (SSSR count). The molecule has 0 aliphatic carbocycles. The number of benzene rings is 1. The minimum Gasteiger partial charge on any atom is -0.449 e. The van der Waals surface area contributed by atoms with Crippen LogP contribution in [0.2, 0.25) is 0 Å². The summed E-state index contributed by atoms with van der Waals surface area (Å²) < 4.78 is 5.09. The normalized spacial score (nSPS) is 11.2. The molecule has 9 nitrogen and oxygen atoms in total. The van der Waals surface area contributed by atoms with Crippen LogP contribution in [-0.4, -0.2) is 37.0 Å². The van der Waals surface area contributed by atoms with Crippen LogP contribution >= 0.6 is 11.3 Å². The van der Waals surface area contributed by atoms with Gasteiger partial charge < -0.3 is 15.0 Å². The van der Waals surface area contributed by atoms with Crippen molar-refractivity contribution < 1.29 is 19.2 Å². The molecular weight excluding hydrogens is 372 g/mol. The lowest BCUT2D eigenvalue weighted by atomic mass is 10.1. The lowest BCUT2D eigenvalue weighted by Crippen LogP contribution is -2.30. The zero-order valence-electron chi connectivity index (χ0n) is 14.8. The maximum Gasteiger partial charge on any atom is 0.339 e. The Balaban J connectivity index is 2.12. The van der Waals surface area contributed by atoms with Gasteiger partial charge in [-0.15, -0.1) is 11.3 Å². The third-order valence-corrected chi connectivity index (χ3v) is 4.39. The second kappa shape index (κ2) is 8.29. The summed E-state index contributed by atoms with van der Waals surface area (Å²) in [5, 5.41) is 24.7. The number of carbonyl (C=O) groups excluding carboxylic acids is 2. The number of amides is 1. The number of nitrogens with one attached hydrogen (secondary N) is 1. The Labute approximate surface area is 158 Å². The van der Waals surface area contributed by atoms with E-state index in [1.54, 1.807) is 30.4 Å². The molecular formula is C17H16N4O5S. The molecule has 1 amide bonds. The summed E-state index contributed by atoms with van der Waals surface area (Å²) in [6.07, 6.45) is -1.15. The van der Waals surface area contributed by atoms with Gasteiger partial charge in [-0.3, -0.25) is 14.9 Å². The molecule has 0 fully saturated rings. The Morgan fingerprint density at radius 2 is 2.07 bits per heavy atom. The van der Waals surface area contributed by atoms with Gasteiger partial charge in [0.25, 0.3) is 11.6 Å². The van der Waals surface area contributed by atoms with E-state index in [0.29, 0.717) is 16.3 Å². The van der Waals surface area contributed by atoms with Crippen molar-refractivity contribution in [2.24, 2.45) is 0 Å². The molecule has 0 aliphatic heterocycles. The summed E-state index contributed by atoms with van der Waals surface area (Å²) in [6.45, 7) is 1.37. The van der Waals surface area contributed by atoms with Gasteiger partial charge in [0.1, 0.15) is 16.8 Å². The molecule has 1 aromatic heterocycles. The zero-order chi connectivity index (χ0) is 20.1. The molecule has 2 aromatic rings. The van der Waals surface area contributed by atoms with Crippen molar-refractivity contribution in [3.05, 3.63) is 50.9 Å². The molecule has 0 radical (unpaired) electrons. The Morgan fingerprint density at radius 3 is 2.67 bits per heavy atom. The van der Waals surface area contributed by atoms with Gasteiger partial charge in [0.15, 0.2) is 6.10 Å². The number of thiophene rings is 1. The van der Waals surface area contributed by atoms with Crippen LogP contribution in [-0.2, 0) is 9.53 Å². The molecule has 0 bridgehead atoms. The number of nitriles is 1. The molecule has 1 heterocycles. The quantitative estimate of drug-likeness (QED) is 0.458. The summed E-state index contributed by atoms with van der Waals surface area (Å²) in [6, 6.07) is 7.43. The van der Waals surface area contributed by atoms with Crippen molar-refractivity contribution in [3.8, 4) is 6.07 Å². The average Bonchev–Trinajstić information content (AvgIpc) is 3.07. The SMILES string of the molecule is C[C@@H](OC(=O)c1ccc(N(C)C)c([N+](=O)[O-])c1)C(=O)Nc1sccc1C#N. The van der Waals surface area contributed by atoms with Crippen LogP contribution in [0.5, 0.6) is 0 Å². The number of nitrogens with zero attached hydrogens (tertiary/aromatic N) is 3. The number of ether oxygens (including phenoxy) is 1. The topological polar surface area (TPSA) is 126 Å². The molecule has 10 heteroatoms. The van der Waals surface area contributed by atoms with E-state index in [0.717, 1.165) is 6.07 Å². The maximum absolute atomic E-state index is 12.3. The van der Waals surface area contributed by atoms with Crippen LogP contribution in [0.1, 0.15) is 22.8 Å². The molecule has 0 unspecified atom stereocenters. The number of anilines is 2. The lowest BCUT2D eigenvalue weighted by molar-refractivity contribution is -0.384. The first kappa shape index (κ1) is 19.9. The van der Waals surface area contributed by atoms with E-state index in [1.165, 1.54) is 30.4 Å². The highest BCUT2D eigenvalue weighted by atomic mass is 32.1. The fourth-order valence-corrected chi connectivity index (χ4v) is 2.90. The third kappa shape index (κ3) is 4.59. The first-order chi connectivity index (χ1) is 12.7. The van der Waals surface area contributed by atoms with E-state index < -0.39 is 22.9 Å². The van der Waals surface area contributed by atoms with E-state index in [9.17, 15) is 19.7 Å². The Hall–Kier alpha value is -3.45. The predicted octanol–water partition coefficient (Wildman–Crippen LogP) is 2.78. The summed E-state index contributed by atoms with van der Waals surface area (Å²) in [5.74, 6) is -1.47. The smallest absolute Gasteiger partial charge is 0.339 e. The molecule has 140 valence electrons. The van der Waals surface area contributed by atoms with Gasteiger partial charge in [0.2, 0.25) is 0 Å². The fourth-order valence-electron chi connectivity index (χ4n) is 2.16. The van der Waals surface area contributed by atoms with Crippen molar-refractivity contribution in [3.63, 3.8) is 0 Å². The van der Waals surface area contributed by atoms with Crippen molar-refractivity contribution >= 4 is 39.6 Å². The first-order valence-corrected chi connectivity index (χ1v) is 8.57. The number of rotatable bonds is 6. The monoisotopic (exact) mass is 388 g/mol. The largest absolute Gasteiger partial charge is 0.449 e. The highest BCUT2D eigenvalue weighted by Crippen LogP contribution is 2.28. The number of hydrogen-bond acceptors (Lipinski definition) is 8. The number of carbonyl (C=O) groups is 2. The lowest BCUT2D eigenvalue weighted by Gasteiger charge is -2.15. The number of esters is 1. The van der Waals surface area contributed by atoms with Gasteiger partial charge in [-0.1, -0.05) is 0 Å². The van der Waals surface area contributed by atoms with Gasteiger partial charge in [0.05, 0.1) is 16.1 Å². The van der Waals surface area contributed by atoms with E-state index in [2.05, 4.69) is 5.32 Å². The molecule has 27 heavy (non-hydrogen) atoms. The van der Waals surface area contributed by atoms with Crippen molar-refractivity contribution in [1.82, 2.24) is 0 Å². The highest BCUT2D eigenvalue weighted by molar-refractivity contribution is 7.14. The van der Waals surface area contributed by atoms with Crippen molar-refractivity contribution in [2.75, 3.05) is 24.3 Å². The minimum atomic E-state index is -1.15. The van der Waals surface area contributed by atoms with Crippen molar-refractivity contribution in [1.29, 1.82) is 5.26 Å². The first-order valence-electron chi connectivity index (χ1n) is 7.69. The zero-order valence-corrected chi connectivity index (χ0v) is 15.6. The standard InChI is InChI=1S/C17H16N4O5S/c1-10(15(22)19-16-12(9-18)6-7-27-16)26-17(23)11-4-5-13(20(2)3)14(8-11)21(24)25/h4-8,10H,1-3H3,(H,19,22)/t10-/m1/s1. The van der Waals surface area contributed by atoms with E-state index >= 15 is 0 Å². The second-order valence-electron chi connectivity index (χ2n) is 5.67. The van der Waals surface area contributed by atoms with Gasteiger partial charge in [-0.2, -0.15) is 5.26 Å². The van der Waals surface area contributed by atoms with Crippen molar-refractivity contribution in [2.45, 2.75) is 13.0 Å².